The number of hydrazine groups is 1. The van der Waals surface area contributed by atoms with Gasteiger partial charge in [-0.1, -0.05) is 6.58 Å². The van der Waals surface area contributed by atoms with Crippen molar-refractivity contribution in [2.75, 3.05) is 21.1 Å². The first-order valence-electron chi connectivity index (χ1n) is 3.37. The van der Waals surface area contributed by atoms with E-state index in [2.05, 4.69) is 11.6 Å². The molecule has 0 aromatic carbocycles. The molecule has 12 heavy (non-hydrogen) atoms. The molecule has 0 radical (unpaired) electrons. The van der Waals surface area contributed by atoms with Crippen LogP contribution in [0.5, 0.6) is 0 Å². The van der Waals surface area contributed by atoms with E-state index in [4.69, 9.17) is 5.84 Å². The number of carbonyl (C=O) groups is 1. The van der Waals surface area contributed by atoms with Gasteiger partial charge in [-0.15, -0.1) is 0 Å². The number of nitrogens with two attached hydrogens (primary N) is 1. The predicted octanol–water partition coefficient (Wildman–Crippen LogP) is -0.578. The van der Waals surface area contributed by atoms with Gasteiger partial charge in [-0.3, -0.25) is 4.79 Å². The van der Waals surface area contributed by atoms with Crippen molar-refractivity contribution in [1.29, 1.82) is 0 Å². The van der Waals surface area contributed by atoms with Crippen molar-refractivity contribution in [3.8, 4) is 0 Å². The molecule has 1 amide bonds. The van der Waals surface area contributed by atoms with Crippen LogP contribution in [0.25, 0.3) is 0 Å². The van der Waals surface area contributed by atoms with Crippen LogP contribution in [0.3, 0.4) is 0 Å². The summed E-state index contributed by atoms with van der Waals surface area (Å²) in [6.07, 6.45) is 1.32. The summed E-state index contributed by atoms with van der Waals surface area (Å²) in [4.78, 5) is 16.2. The Kier molecular flexibility index (Phi) is 3.99. The zero-order valence-corrected chi connectivity index (χ0v) is 7.61. The molecule has 5 nitrogen and oxygen atoms in total. The molecule has 0 saturated carbocycles. The van der Waals surface area contributed by atoms with Crippen LogP contribution in [0, 0.1) is 0 Å². The molecule has 0 saturated heterocycles. The second-order valence-corrected chi connectivity index (χ2v) is 2.56. The van der Waals surface area contributed by atoms with Gasteiger partial charge in [0.25, 0.3) is 5.91 Å². The molecule has 0 aromatic rings. The lowest BCUT2D eigenvalue weighted by Crippen LogP contribution is -2.26. The average molecular weight is 170 g/mol. The summed E-state index contributed by atoms with van der Waals surface area (Å²) in [7, 11) is 4.88. The van der Waals surface area contributed by atoms with Crippen LogP contribution >= 0.6 is 0 Å². The Morgan fingerprint density at radius 1 is 1.50 bits per heavy atom. The van der Waals surface area contributed by atoms with Gasteiger partial charge < -0.3 is 9.91 Å². The van der Waals surface area contributed by atoms with Gasteiger partial charge in [-0.2, -0.15) is 0 Å². The number of nitrogens with zero attached hydrogens (tertiary/aromatic N) is 3. The standard InChI is InChI=1S/C7H14N4O/c1-6(7(12)10(2)3)9-5-11(4)8/h5H,1,8H2,2-4H3. The van der Waals surface area contributed by atoms with E-state index < -0.39 is 0 Å². The van der Waals surface area contributed by atoms with Crippen LogP contribution in [0.1, 0.15) is 0 Å². The van der Waals surface area contributed by atoms with Gasteiger partial charge in [-0.25, -0.2) is 10.8 Å². The minimum atomic E-state index is -0.229. The molecule has 0 heterocycles. The van der Waals surface area contributed by atoms with Crippen molar-refractivity contribution < 1.29 is 4.79 Å². The Morgan fingerprint density at radius 3 is 2.33 bits per heavy atom. The lowest BCUT2D eigenvalue weighted by Gasteiger charge is -2.09. The first-order chi connectivity index (χ1) is 5.45. The number of hydrogen-bond donors (Lipinski definition) is 1. The summed E-state index contributed by atoms with van der Waals surface area (Å²) in [6, 6.07) is 0. The summed E-state index contributed by atoms with van der Waals surface area (Å²) in [6.45, 7) is 3.48. The fourth-order valence-corrected chi connectivity index (χ4v) is 0.474. The number of aliphatic imine (C=N–C) groups is 1. The number of hydrogen-bond acceptors (Lipinski definition) is 3. The van der Waals surface area contributed by atoms with Crippen molar-refractivity contribution in [2.45, 2.75) is 0 Å². The minimum absolute atomic E-state index is 0.164. The summed E-state index contributed by atoms with van der Waals surface area (Å²) < 4.78 is 0. The highest BCUT2D eigenvalue weighted by Gasteiger charge is 2.06. The Hall–Kier alpha value is -1.36. The van der Waals surface area contributed by atoms with Crippen LogP contribution in [-0.2, 0) is 4.79 Å². The molecule has 0 aliphatic heterocycles. The van der Waals surface area contributed by atoms with Crippen LogP contribution in [0.2, 0.25) is 0 Å². The van der Waals surface area contributed by atoms with E-state index in [9.17, 15) is 4.79 Å². The Bertz CT molecular complexity index is 207. The predicted molar refractivity (Wildman–Crippen MR) is 48.3 cm³/mol. The van der Waals surface area contributed by atoms with Crippen LogP contribution < -0.4 is 5.84 Å². The number of carbonyl (C=O) groups excluding carboxylic acids is 1. The summed E-state index contributed by atoms with van der Waals surface area (Å²) in [5.41, 5.74) is 0.164. The quantitative estimate of drug-likeness (QED) is 0.203. The van der Waals surface area contributed by atoms with Gasteiger partial charge in [0.15, 0.2) is 0 Å². The van der Waals surface area contributed by atoms with Crippen LogP contribution in [0.4, 0.5) is 0 Å². The fourth-order valence-electron chi connectivity index (χ4n) is 0.474. The van der Waals surface area contributed by atoms with E-state index in [0.717, 1.165) is 0 Å². The molecule has 0 aromatic heterocycles. The molecule has 0 spiro atoms. The van der Waals surface area contributed by atoms with Gasteiger partial charge in [0.05, 0.1) is 0 Å². The van der Waals surface area contributed by atoms with Crippen molar-refractivity contribution >= 4 is 12.2 Å². The third kappa shape index (κ3) is 3.72. The van der Waals surface area contributed by atoms with Crippen molar-refractivity contribution in [3.05, 3.63) is 12.3 Å². The molecule has 0 unspecified atom stereocenters. The molecule has 0 bridgehead atoms. The number of rotatable bonds is 3. The largest absolute Gasteiger partial charge is 0.343 e. The zero-order valence-electron chi connectivity index (χ0n) is 7.61. The molecule has 0 aliphatic carbocycles. The molecular formula is C7H14N4O. The third-order valence-electron chi connectivity index (χ3n) is 1.05. The third-order valence-corrected chi connectivity index (χ3v) is 1.05. The summed E-state index contributed by atoms with van der Waals surface area (Å²) in [5, 5.41) is 1.24. The molecule has 5 heteroatoms. The monoisotopic (exact) mass is 170 g/mol. The maximum atomic E-state index is 11.1. The number of amides is 1. The highest BCUT2D eigenvalue weighted by Crippen LogP contribution is 1.95. The molecule has 68 valence electrons. The SMILES string of the molecule is C=C(N=CN(C)N)C(=O)N(C)C. The topological polar surface area (TPSA) is 61.9 Å². The molecule has 2 N–H and O–H groups in total. The van der Waals surface area contributed by atoms with Gasteiger partial charge in [-0.05, 0) is 0 Å². The van der Waals surface area contributed by atoms with Crippen LogP contribution in [-0.4, -0.2) is 43.3 Å². The van der Waals surface area contributed by atoms with E-state index in [1.54, 1.807) is 21.1 Å². The van der Waals surface area contributed by atoms with E-state index in [-0.39, 0.29) is 11.6 Å². The summed E-state index contributed by atoms with van der Waals surface area (Å²) >= 11 is 0. The molecule has 0 atom stereocenters. The minimum Gasteiger partial charge on any atom is -0.343 e. The molecule has 0 fully saturated rings. The van der Waals surface area contributed by atoms with E-state index in [0.29, 0.717) is 0 Å². The normalized spacial score (nSPS) is 10.0. The highest BCUT2D eigenvalue weighted by atomic mass is 16.2. The van der Waals surface area contributed by atoms with Gasteiger partial charge in [0.2, 0.25) is 0 Å². The Labute approximate surface area is 72.1 Å². The molecule has 0 rings (SSSR count). The fraction of sp³-hybridized carbons (Fsp3) is 0.429. The second kappa shape index (κ2) is 4.50. The zero-order chi connectivity index (χ0) is 9.72. The van der Waals surface area contributed by atoms with E-state index >= 15 is 0 Å². The van der Waals surface area contributed by atoms with E-state index in [1.165, 1.54) is 16.2 Å². The van der Waals surface area contributed by atoms with Crippen molar-refractivity contribution in [3.63, 3.8) is 0 Å². The smallest absolute Gasteiger partial charge is 0.271 e. The van der Waals surface area contributed by atoms with Crippen molar-refractivity contribution in [1.82, 2.24) is 9.91 Å². The molecule has 0 aliphatic rings. The van der Waals surface area contributed by atoms with Gasteiger partial charge >= 0.3 is 0 Å². The number of likely N-dealkylation sites (N-methyl/N-ethyl adjacent to an activating group) is 1. The van der Waals surface area contributed by atoms with Gasteiger partial charge in [0, 0.05) is 21.1 Å². The van der Waals surface area contributed by atoms with Crippen LogP contribution in [0.15, 0.2) is 17.3 Å². The average Bonchev–Trinajstić information content (AvgIpc) is 1.98. The second-order valence-electron chi connectivity index (χ2n) is 2.56. The van der Waals surface area contributed by atoms with Crippen molar-refractivity contribution in [2.24, 2.45) is 10.8 Å². The van der Waals surface area contributed by atoms with E-state index in [1.807, 2.05) is 0 Å². The summed E-state index contributed by atoms with van der Waals surface area (Å²) in [5.74, 6) is 5.01. The van der Waals surface area contributed by atoms with Gasteiger partial charge in [0.1, 0.15) is 12.0 Å². The maximum Gasteiger partial charge on any atom is 0.271 e. The lowest BCUT2D eigenvalue weighted by atomic mass is 10.4. The first-order valence-corrected chi connectivity index (χ1v) is 3.37. The molecular weight excluding hydrogens is 156 g/mol. The highest BCUT2D eigenvalue weighted by molar-refractivity contribution is 5.93. The lowest BCUT2D eigenvalue weighted by molar-refractivity contribution is -0.124. The first kappa shape index (κ1) is 10.6. The Balaban J connectivity index is 4.14. The Morgan fingerprint density at radius 2 is 2.00 bits per heavy atom. The maximum absolute atomic E-state index is 11.1.